The molecule has 0 amide bonds. The van der Waals surface area contributed by atoms with Crippen molar-refractivity contribution in [3.63, 3.8) is 0 Å². The molecule has 0 saturated heterocycles. The Morgan fingerprint density at radius 2 is 1.64 bits per heavy atom. The highest BCUT2D eigenvalue weighted by atomic mass is 35.5. The van der Waals surface area contributed by atoms with Crippen molar-refractivity contribution < 1.29 is 0 Å². The molecule has 0 aromatic heterocycles. The molecule has 0 radical (unpaired) electrons. The topological polar surface area (TPSA) is 47.6 Å². The summed E-state index contributed by atoms with van der Waals surface area (Å²) < 4.78 is 0. The monoisotopic (exact) mass is 188 g/mol. The normalized spacial score (nSPS) is 6.18. The Hall–Kier alpha value is -0.960. The lowest BCUT2D eigenvalue weighted by molar-refractivity contribution is 1.46. The van der Waals surface area contributed by atoms with Gasteiger partial charge in [-0.25, -0.2) is 0 Å². The molecule has 4 heteroatoms. The molecule has 0 unspecified atom stereocenters. The van der Waals surface area contributed by atoms with E-state index in [2.05, 4.69) is 13.2 Å². The van der Waals surface area contributed by atoms with Gasteiger partial charge in [-0.1, -0.05) is 24.8 Å². The minimum atomic E-state index is 0.0324. The fourth-order valence-corrected chi connectivity index (χ4v) is 0.0896. The second-order valence-electron chi connectivity index (χ2n) is 1.37. The lowest BCUT2D eigenvalue weighted by Gasteiger charge is -1.74. The summed E-state index contributed by atoms with van der Waals surface area (Å²) in [7, 11) is 0. The van der Waals surface area contributed by atoms with Gasteiger partial charge in [0.05, 0.1) is 11.9 Å². The number of halogens is 2. The van der Waals surface area contributed by atoms with Gasteiger partial charge in [0.15, 0.2) is 0 Å². The van der Waals surface area contributed by atoms with E-state index in [1.54, 1.807) is 12.1 Å². The van der Waals surface area contributed by atoms with Gasteiger partial charge in [-0.15, -0.1) is 11.6 Å². The van der Waals surface area contributed by atoms with E-state index in [-0.39, 0.29) is 10.9 Å². The minimum absolute atomic E-state index is 0.0324. The van der Waals surface area contributed by atoms with Crippen LogP contribution in [-0.2, 0) is 0 Å². The molecular weight excluding hydrogens is 183 g/mol. The van der Waals surface area contributed by atoms with Gasteiger partial charge in [0.1, 0.15) is 11.1 Å². The molecule has 0 heterocycles. The second-order valence-corrected chi connectivity index (χ2v) is 2.09. The zero-order chi connectivity index (χ0) is 9.28. The van der Waals surface area contributed by atoms with Crippen LogP contribution >= 0.6 is 23.2 Å². The SMILES string of the molecule is C=C(C#N)CCl.C=C(Cl)C#N. The Morgan fingerprint density at radius 3 is 1.64 bits per heavy atom. The molecule has 0 spiro atoms. The average Bonchev–Trinajstić information content (AvgIpc) is 2.04. The van der Waals surface area contributed by atoms with Crippen LogP contribution in [0, 0.1) is 22.7 Å². The first-order chi connectivity index (χ1) is 5.08. The van der Waals surface area contributed by atoms with Crippen LogP contribution < -0.4 is 0 Å². The van der Waals surface area contributed by atoms with Crippen molar-refractivity contribution in [1.29, 1.82) is 10.5 Å². The molecule has 0 bridgehead atoms. The predicted octanol–water partition coefficient (Wildman–Crippen LogP) is 2.57. The number of hydrogen-bond acceptors (Lipinski definition) is 2. The second kappa shape index (κ2) is 9.04. The molecule has 0 rings (SSSR count). The summed E-state index contributed by atoms with van der Waals surface area (Å²) in [4.78, 5) is 0. The third-order valence-electron chi connectivity index (χ3n) is 0.441. The van der Waals surface area contributed by atoms with Crippen LogP contribution in [0.25, 0.3) is 0 Å². The summed E-state index contributed by atoms with van der Waals surface area (Å²) in [5.41, 5.74) is 0.414. The number of nitrogens with zero attached hydrogens (tertiary/aromatic N) is 2. The molecule has 0 aliphatic heterocycles. The van der Waals surface area contributed by atoms with E-state index in [1.165, 1.54) is 0 Å². The number of hydrogen-bond donors (Lipinski definition) is 0. The average molecular weight is 189 g/mol. The van der Waals surface area contributed by atoms with Crippen LogP contribution in [0.3, 0.4) is 0 Å². The van der Waals surface area contributed by atoms with Gasteiger partial charge in [-0.05, 0) is 0 Å². The summed E-state index contributed by atoms with van der Waals surface area (Å²) in [5.74, 6) is 0.247. The van der Waals surface area contributed by atoms with Crippen molar-refractivity contribution in [2.75, 3.05) is 5.88 Å². The number of alkyl halides is 1. The van der Waals surface area contributed by atoms with Crippen LogP contribution in [-0.4, -0.2) is 5.88 Å². The highest BCUT2D eigenvalue weighted by molar-refractivity contribution is 6.31. The first-order valence-corrected chi connectivity index (χ1v) is 3.38. The van der Waals surface area contributed by atoms with E-state index >= 15 is 0 Å². The van der Waals surface area contributed by atoms with Crippen molar-refractivity contribution in [3.8, 4) is 12.1 Å². The van der Waals surface area contributed by atoms with Crippen LogP contribution in [0.1, 0.15) is 0 Å². The third-order valence-corrected chi connectivity index (χ3v) is 0.848. The molecule has 11 heavy (non-hydrogen) atoms. The van der Waals surface area contributed by atoms with Gasteiger partial charge in [0, 0.05) is 5.57 Å². The van der Waals surface area contributed by atoms with Crippen LogP contribution in [0.5, 0.6) is 0 Å². The standard InChI is InChI=1S/C4H4ClN.C3H2ClN/c1-4(2-5)3-6;1-3(4)2-5/h1-2H2;1H2. The van der Waals surface area contributed by atoms with Crippen molar-refractivity contribution in [2.24, 2.45) is 0 Å². The molecule has 0 atom stereocenters. The van der Waals surface area contributed by atoms with Gasteiger partial charge in [-0.3, -0.25) is 0 Å². The molecule has 58 valence electrons. The van der Waals surface area contributed by atoms with Crippen LogP contribution in [0.4, 0.5) is 0 Å². The van der Waals surface area contributed by atoms with Gasteiger partial charge < -0.3 is 0 Å². The van der Waals surface area contributed by atoms with E-state index in [0.29, 0.717) is 5.57 Å². The maximum atomic E-state index is 7.90. The maximum absolute atomic E-state index is 7.90. The zero-order valence-electron chi connectivity index (χ0n) is 5.77. The molecule has 0 aromatic rings. The molecule has 0 aromatic carbocycles. The quantitative estimate of drug-likeness (QED) is 0.470. The Labute approximate surface area is 75.9 Å². The third kappa shape index (κ3) is 17.6. The molecule has 0 aliphatic rings. The molecule has 0 fully saturated rings. The van der Waals surface area contributed by atoms with Crippen molar-refractivity contribution in [1.82, 2.24) is 0 Å². The first kappa shape index (κ1) is 12.7. The Bertz CT molecular complexity index is 220. The Morgan fingerprint density at radius 1 is 1.27 bits per heavy atom. The largest absolute Gasteiger partial charge is 0.193 e. The summed E-state index contributed by atoms with van der Waals surface area (Å²) in [6.07, 6.45) is 0. The molecule has 0 aliphatic carbocycles. The summed E-state index contributed by atoms with van der Waals surface area (Å²) >= 11 is 10.0. The number of nitriles is 2. The van der Waals surface area contributed by atoms with E-state index in [9.17, 15) is 0 Å². The highest BCUT2D eigenvalue weighted by Crippen LogP contribution is 1.88. The van der Waals surface area contributed by atoms with E-state index in [0.717, 1.165) is 0 Å². The van der Waals surface area contributed by atoms with Gasteiger partial charge in [0.2, 0.25) is 0 Å². The zero-order valence-corrected chi connectivity index (χ0v) is 7.28. The molecule has 0 saturated carbocycles. The molecule has 0 N–H and O–H groups in total. The number of allylic oxidation sites excluding steroid dienone is 2. The fraction of sp³-hybridized carbons (Fsp3) is 0.143. The van der Waals surface area contributed by atoms with E-state index in [1.807, 2.05) is 0 Å². The lowest BCUT2D eigenvalue weighted by atomic mass is 10.4. The van der Waals surface area contributed by atoms with Gasteiger partial charge in [-0.2, -0.15) is 10.5 Å². The van der Waals surface area contributed by atoms with Gasteiger partial charge >= 0.3 is 0 Å². The smallest absolute Gasteiger partial charge is 0.111 e. The van der Waals surface area contributed by atoms with E-state index in [4.69, 9.17) is 33.7 Å². The van der Waals surface area contributed by atoms with Crippen molar-refractivity contribution in [3.05, 3.63) is 23.8 Å². The maximum Gasteiger partial charge on any atom is 0.111 e. The number of rotatable bonds is 1. The van der Waals surface area contributed by atoms with Crippen LogP contribution in [0.2, 0.25) is 0 Å². The van der Waals surface area contributed by atoms with Crippen LogP contribution in [0.15, 0.2) is 23.8 Å². The van der Waals surface area contributed by atoms with Crippen molar-refractivity contribution >= 4 is 23.2 Å². The minimum Gasteiger partial charge on any atom is -0.193 e. The summed E-state index contributed by atoms with van der Waals surface area (Å²) in [6, 6.07) is 3.39. The summed E-state index contributed by atoms with van der Waals surface area (Å²) in [6.45, 7) is 6.38. The molecular formula is C7H6Cl2N2. The predicted molar refractivity (Wildman–Crippen MR) is 46.1 cm³/mol. The molecule has 2 nitrogen and oxygen atoms in total. The van der Waals surface area contributed by atoms with Crippen molar-refractivity contribution in [2.45, 2.75) is 0 Å². The van der Waals surface area contributed by atoms with E-state index < -0.39 is 0 Å². The Kier molecular flexibility index (Phi) is 10.4. The Balaban J connectivity index is 0. The summed E-state index contributed by atoms with van der Waals surface area (Å²) in [5, 5.41) is 15.6. The van der Waals surface area contributed by atoms with Gasteiger partial charge in [0.25, 0.3) is 0 Å². The first-order valence-electron chi connectivity index (χ1n) is 2.46. The highest BCUT2D eigenvalue weighted by Gasteiger charge is 1.79. The lowest BCUT2D eigenvalue weighted by Crippen LogP contribution is -1.70. The fourth-order valence-electron chi connectivity index (χ4n) is 0.0299.